The predicted molar refractivity (Wildman–Crippen MR) is 62.4 cm³/mol. The average molecular weight is 201 g/mol. The Labute approximate surface area is 87.1 Å². The fraction of sp³-hybridized carbons (Fsp3) is 1.00. The lowest BCUT2D eigenvalue weighted by Crippen LogP contribution is -2.59. The molecule has 2 atom stereocenters. The van der Waals surface area contributed by atoms with E-state index >= 15 is 0 Å². The van der Waals surface area contributed by atoms with Crippen LogP contribution >= 0.6 is 11.8 Å². The van der Waals surface area contributed by atoms with Crippen molar-refractivity contribution in [1.29, 1.82) is 0 Å². The molecular formula is C11H23NS. The van der Waals surface area contributed by atoms with E-state index in [1.54, 1.807) is 0 Å². The highest BCUT2D eigenvalue weighted by molar-refractivity contribution is 8.02. The first kappa shape index (κ1) is 11.4. The highest BCUT2D eigenvalue weighted by Gasteiger charge is 2.40. The topological polar surface area (TPSA) is 12.0 Å². The van der Waals surface area contributed by atoms with Crippen LogP contribution in [0, 0.1) is 5.41 Å². The monoisotopic (exact) mass is 201 g/mol. The van der Waals surface area contributed by atoms with Gasteiger partial charge < -0.3 is 5.32 Å². The molecule has 1 nitrogen and oxygen atoms in total. The number of rotatable bonds is 2. The average Bonchev–Trinajstić information content (AvgIpc) is 1.96. The second kappa shape index (κ2) is 3.47. The first-order chi connectivity index (χ1) is 5.73. The van der Waals surface area contributed by atoms with Crippen LogP contribution in [-0.4, -0.2) is 22.6 Å². The van der Waals surface area contributed by atoms with Crippen molar-refractivity contribution in [3.05, 3.63) is 0 Å². The van der Waals surface area contributed by atoms with Gasteiger partial charge in [0.1, 0.15) is 0 Å². The molecular weight excluding hydrogens is 178 g/mol. The fourth-order valence-electron chi connectivity index (χ4n) is 1.30. The Morgan fingerprint density at radius 2 is 1.92 bits per heavy atom. The van der Waals surface area contributed by atoms with Crippen molar-refractivity contribution in [2.75, 3.05) is 5.75 Å². The summed E-state index contributed by atoms with van der Waals surface area (Å²) >= 11 is 2.06. The van der Waals surface area contributed by atoms with E-state index in [-0.39, 0.29) is 0 Å². The molecule has 0 saturated carbocycles. The molecule has 0 spiro atoms. The molecule has 13 heavy (non-hydrogen) atoms. The minimum Gasteiger partial charge on any atom is -0.309 e. The second-order valence-corrected chi connectivity index (χ2v) is 7.40. The molecule has 1 fully saturated rings. The fourth-order valence-corrected chi connectivity index (χ4v) is 2.46. The van der Waals surface area contributed by atoms with Crippen LogP contribution in [0.1, 0.15) is 41.5 Å². The van der Waals surface area contributed by atoms with Gasteiger partial charge in [0, 0.05) is 22.6 Å². The van der Waals surface area contributed by atoms with Crippen molar-refractivity contribution in [3.63, 3.8) is 0 Å². The van der Waals surface area contributed by atoms with E-state index in [2.05, 4.69) is 58.6 Å². The largest absolute Gasteiger partial charge is 0.309 e. The lowest BCUT2D eigenvalue weighted by atomic mass is 9.86. The van der Waals surface area contributed by atoms with Gasteiger partial charge in [0.15, 0.2) is 0 Å². The van der Waals surface area contributed by atoms with E-state index in [9.17, 15) is 0 Å². The van der Waals surface area contributed by atoms with Crippen LogP contribution in [0.4, 0.5) is 0 Å². The highest BCUT2D eigenvalue weighted by Crippen LogP contribution is 2.40. The molecule has 1 rings (SSSR count). The molecule has 0 aliphatic carbocycles. The third-order valence-corrected chi connectivity index (χ3v) is 4.74. The van der Waals surface area contributed by atoms with Gasteiger partial charge in [0.25, 0.3) is 0 Å². The van der Waals surface area contributed by atoms with E-state index in [0.29, 0.717) is 22.2 Å². The molecule has 1 aliphatic heterocycles. The SMILES string of the molecule is CC(NC1CSC1(C)C)C(C)(C)C. The van der Waals surface area contributed by atoms with Gasteiger partial charge in [-0.05, 0) is 26.2 Å². The van der Waals surface area contributed by atoms with Crippen molar-refractivity contribution >= 4 is 11.8 Å². The zero-order valence-electron chi connectivity index (χ0n) is 9.77. The third kappa shape index (κ3) is 2.63. The Balaban J connectivity index is 2.42. The molecule has 0 amide bonds. The van der Waals surface area contributed by atoms with Crippen molar-refractivity contribution in [2.24, 2.45) is 5.41 Å². The summed E-state index contributed by atoms with van der Waals surface area (Å²) in [6, 6.07) is 1.30. The van der Waals surface area contributed by atoms with Crippen LogP contribution in [0.2, 0.25) is 0 Å². The molecule has 0 aromatic rings. The van der Waals surface area contributed by atoms with Crippen LogP contribution in [0.5, 0.6) is 0 Å². The van der Waals surface area contributed by atoms with Crippen molar-refractivity contribution in [3.8, 4) is 0 Å². The molecule has 1 saturated heterocycles. The Kier molecular flexibility index (Phi) is 3.04. The molecule has 1 N–H and O–H groups in total. The summed E-state index contributed by atoms with van der Waals surface area (Å²) in [5.41, 5.74) is 0.371. The van der Waals surface area contributed by atoms with Gasteiger partial charge in [-0.15, -0.1) is 0 Å². The van der Waals surface area contributed by atoms with E-state index < -0.39 is 0 Å². The number of thioether (sulfide) groups is 1. The van der Waals surface area contributed by atoms with Crippen molar-refractivity contribution in [1.82, 2.24) is 5.32 Å². The van der Waals surface area contributed by atoms with Crippen molar-refractivity contribution in [2.45, 2.75) is 58.4 Å². The summed E-state index contributed by atoms with van der Waals surface area (Å²) < 4.78 is 0.444. The molecule has 0 aromatic carbocycles. The standard InChI is InChI=1S/C11H23NS/c1-8(10(2,3)4)12-9-7-13-11(9,5)6/h8-9,12H,7H2,1-6H3. The van der Waals surface area contributed by atoms with Gasteiger partial charge in [-0.2, -0.15) is 11.8 Å². The molecule has 78 valence electrons. The summed E-state index contributed by atoms with van der Waals surface area (Å²) in [4.78, 5) is 0. The summed E-state index contributed by atoms with van der Waals surface area (Å²) in [5.74, 6) is 1.27. The predicted octanol–water partition coefficient (Wildman–Crippen LogP) is 2.90. The second-order valence-electron chi connectivity index (χ2n) is 5.72. The van der Waals surface area contributed by atoms with E-state index in [4.69, 9.17) is 0 Å². The van der Waals surface area contributed by atoms with Gasteiger partial charge in [0.2, 0.25) is 0 Å². The van der Waals surface area contributed by atoms with Gasteiger partial charge in [-0.1, -0.05) is 20.8 Å². The van der Waals surface area contributed by atoms with Crippen LogP contribution in [0.3, 0.4) is 0 Å². The van der Waals surface area contributed by atoms with Crippen LogP contribution in [0.15, 0.2) is 0 Å². The first-order valence-corrected chi connectivity index (χ1v) is 6.12. The lowest BCUT2D eigenvalue weighted by molar-refractivity contribution is 0.249. The van der Waals surface area contributed by atoms with Gasteiger partial charge in [-0.25, -0.2) is 0 Å². The van der Waals surface area contributed by atoms with E-state index in [1.807, 2.05) is 0 Å². The maximum absolute atomic E-state index is 3.73. The molecule has 2 heteroatoms. The third-order valence-electron chi connectivity index (χ3n) is 3.21. The number of hydrogen-bond acceptors (Lipinski definition) is 2. The lowest BCUT2D eigenvalue weighted by Gasteiger charge is -2.47. The van der Waals surface area contributed by atoms with E-state index in [0.717, 1.165) is 0 Å². The smallest absolute Gasteiger partial charge is 0.0302 e. The van der Waals surface area contributed by atoms with Crippen LogP contribution in [-0.2, 0) is 0 Å². The summed E-state index contributed by atoms with van der Waals surface area (Å²) in [7, 11) is 0. The zero-order chi connectivity index (χ0) is 10.3. The quantitative estimate of drug-likeness (QED) is 0.737. The minimum absolute atomic E-state index is 0.371. The first-order valence-electron chi connectivity index (χ1n) is 5.13. The molecule has 0 radical (unpaired) electrons. The normalized spacial score (nSPS) is 29.5. The number of nitrogens with one attached hydrogen (secondary N) is 1. The maximum Gasteiger partial charge on any atom is 0.0302 e. The van der Waals surface area contributed by atoms with Gasteiger partial charge >= 0.3 is 0 Å². The molecule has 0 bridgehead atoms. The Bertz CT molecular complexity index is 171. The maximum atomic E-state index is 3.73. The van der Waals surface area contributed by atoms with Crippen LogP contribution in [0.25, 0.3) is 0 Å². The summed E-state index contributed by atoms with van der Waals surface area (Å²) in [5, 5.41) is 3.73. The molecule has 1 aliphatic rings. The number of hydrogen-bond donors (Lipinski definition) is 1. The van der Waals surface area contributed by atoms with Crippen LogP contribution < -0.4 is 5.32 Å². The summed E-state index contributed by atoms with van der Waals surface area (Å²) in [6.45, 7) is 13.8. The molecule has 2 unspecified atom stereocenters. The Morgan fingerprint density at radius 3 is 2.15 bits per heavy atom. The highest BCUT2D eigenvalue weighted by atomic mass is 32.2. The Hall–Kier alpha value is 0.310. The van der Waals surface area contributed by atoms with Gasteiger partial charge in [0.05, 0.1) is 0 Å². The Morgan fingerprint density at radius 1 is 1.38 bits per heavy atom. The van der Waals surface area contributed by atoms with E-state index in [1.165, 1.54) is 5.75 Å². The molecule has 0 aromatic heterocycles. The van der Waals surface area contributed by atoms with Gasteiger partial charge in [-0.3, -0.25) is 0 Å². The minimum atomic E-state index is 0.371. The zero-order valence-corrected chi connectivity index (χ0v) is 10.6. The molecule has 1 heterocycles. The van der Waals surface area contributed by atoms with Crippen molar-refractivity contribution < 1.29 is 0 Å². The summed E-state index contributed by atoms with van der Waals surface area (Å²) in [6.07, 6.45) is 0.